The van der Waals surface area contributed by atoms with Crippen LogP contribution in [0, 0.1) is 5.41 Å². The zero-order valence-electron chi connectivity index (χ0n) is 16.1. The molecule has 1 aliphatic rings. The van der Waals surface area contributed by atoms with Crippen LogP contribution in [0.2, 0.25) is 0 Å². The van der Waals surface area contributed by atoms with Crippen LogP contribution in [0.1, 0.15) is 48.0 Å². The van der Waals surface area contributed by atoms with Crippen molar-refractivity contribution < 1.29 is 45.4 Å². The van der Waals surface area contributed by atoms with Crippen LogP contribution in [0.25, 0.3) is 0 Å². The summed E-state index contributed by atoms with van der Waals surface area (Å²) in [5.41, 5.74) is -1.25. The molecule has 1 fully saturated rings. The fourth-order valence-electron chi connectivity index (χ4n) is 2.64. The molecule has 25 heavy (non-hydrogen) atoms. The van der Waals surface area contributed by atoms with E-state index in [-0.39, 0.29) is 22.7 Å². The van der Waals surface area contributed by atoms with Crippen molar-refractivity contribution in [3.8, 4) is 0 Å². The third-order valence-electron chi connectivity index (χ3n) is 3.78. The summed E-state index contributed by atoms with van der Waals surface area (Å²) in [4.78, 5) is 40.7. The van der Waals surface area contributed by atoms with E-state index in [1.54, 1.807) is 20.8 Å². The van der Waals surface area contributed by atoms with Crippen LogP contribution in [-0.2, 0) is 14.3 Å². The average Bonchev–Trinajstić information content (AvgIpc) is 2.82. The number of carbonyl (C=O) groups excluding carboxylic acids is 3. The third kappa shape index (κ3) is 6.40. The van der Waals surface area contributed by atoms with Gasteiger partial charge < -0.3 is 0 Å². The quantitative estimate of drug-likeness (QED) is 0.286. The maximum absolute atomic E-state index is 13.1. The molecule has 1 aliphatic heterocycles. The molecule has 146 valence electrons. The molecular weight excluding hydrogens is 439 g/mol. The monoisotopic (exact) mass is 469 g/mol. The second-order valence-corrected chi connectivity index (χ2v) is 10.5. The fraction of sp³-hybridized carbons (Fsp3) is 0.824. The van der Waals surface area contributed by atoms with Gasteiger partial charge in [-0.05, 0) is 0 Å². The number of ether oxygens (including phenoxy) is 1. The molecular formula is C17H30IN2O5-. The first-order chi connectivity index (χ1) is 11.3. The molecule has 0 spiro atoms. The molecule has 0 unspecified atom stereocenters. The predicted octanol–water partition coefficient (Wildman–Crippen LogP) is -1.87. The zero-order chi connectivity index (χ0) is 19.6. The summed E-state index contributed by atoms with van der Waals surface area (Å²) in [5.74, 6) is -0.356. The van der Waals surface area contributed by atoms with Gasteiger partial charge in [-0.15, -0.1) is 0 Å². The minimum atomic E-state index is -0.849. The van der Waals surface area contributed by atoms with Gasteiger partial charge in [-0.25, -0.2) is 0 Å². The van der Waals surface area contributed by atoms with Gasteiger partial charge in [-0.3, -0.25) is 0 Å². The Morgan fingerprint density at radius 1 is 1.20 bits per heavy atom. The number of hydrogen-bond acceptors (Lipinski definition) is 5. The molecule has 1 saturated heterocycles. The van der Waals surface area contributed by atoms with Crippen LogP contribution >= 0.6 is 0 Å². The number of alkyl carbamates (subject to hydrolysis) is 1. The Hall–Kier alpha value is -0.900. The van der Waals surface area contributed by atoms with Crippen molar-refractivity contribution in [1.29, 1.82) is 0 Å². The first-order valence-electron chi connectivity index (χ1n) is 8.27. The predicted molar refractivity (Wildman–Crippen MR) is 89.7 cm³/mol. The molecule has 8 heteroatoms. The van der Waals surface area contributed by atoms with Gasteiger partial charge >= 0.3 is 160 Å². The Kier molecular flexibility index (Phi) is 7.26. The Labute approximate surface area is 160 Å². The van der Waals surface area contributed by atoms with Gasteiger partial charge in [-0.2, -0.15) is 0 Å². The summed E-state index contributed by atoms with van der Waals surface area (Å²) in [6, 6.07) is -1.44. The Morgan fingerprint density at radius 3 is 2.20 bits per heavy atom. The molecule has 3 atom stereocenters. The molecule has 7 nitrogen and oxygen atoms in total. The molecule has 0 saturated carbocycles. The van der Waals surface area contributed by atoms with E-state index in [1.165, 1.54) is 4.90 Å². The van der Waals surface area contributed by atoms with E-state index in [2.05, 4.69) is 5.32 Å². The van der Waals surface area contributed by atoms with Gasteiger partial charge in [0.25, 0.3) is 0 Å². The summed E-state index contributed by atoms with van der Waals surface area (Å²) in [7, 11) is 0. The SMILES string of the molecule is C[I-]C(=O)[C@@H]1C[C@H](O)CN1C(=O)[C@@H](NC(=O)OC(C)(C)C)C(C)(C)C. The van der Waals surface area contributed by atoms with Crippen molar-refractivity contribution in [1.82, 2.24) is 10.2 Å². The number of alkyl halides is 1. The number of amides is 2. The summed E-state index contributed by atoms with van der Waals surface area (Å²) in [6.07, 6.45) is -1.12. The number of nitrogens with one attached hydrogen (secondary N) is 1. The average molecular weight is 469 g/mol. The molecule has 0 radical (unpaired) electrons. The Balaban J connectivity index is 3.01. The first kappa shape index (κ1) is 22.1. The number of β-amino-alcohol motifs (C(OH)–C–C–N with tert-alkyl or cyclic N) is 1. The van der Waals surface area contributed by atoms with E-state index >= 15 is 0 Å². The number of carbonyl (C=O) groups is 3. The molecule has 0 aromatic heterocycles. The van der Waals surface area contributed by atoms with Crippen LogP contribution in [0.3, 0.4) is 0 Å². The molecule has 0 aromatic carbocycles. The molecule has 0 aliphatic carbocycles. The number of aliphatic hydroxyl groups excluding tert-OH is 1. The maximum atomic E-state index is 13.1. The summed E-state index contributed by atoms with van der Waals surface area (Å²) < 4.78 is 5.28. The van der Waals surface area contributed by atoms with E-state index in [4.69, 9.17) is 4.74 Å². The molecule has 0 aromatic rings. The van der Waals surface area contributed by atoms with E-state index in [0.717, 1.165) is 0 Å². The van der Waals surface area contributed by atoms with Gasteiger partial charge in [0.1, 0.15) is 0 Å². The van der Waals surface area contributed by atoms with Crippen LogP contribution < -0.4 is 26.5 Å². The van der Waals surface area contributed by atoms with Crippen molar-refractivity contribution >= 4 is 15.8 Å². The second kappa shape index (κ2) is 8.20. The molecule has 2 N–H and O–H groups in total. The topological polar surface area (TPSA) is 95.9 Å². The third-order valence-corrected chi connectivity index (χ3v) is 5.57. The standard InChI is InChI=1S/C17H30IN2O5/c1-16(2,3)12(19-15(24)25-17(4,5)6)14(23)20-9-10(21)8-11(20)13(22)18-7/h10-12,21H,8-9H2,1-7H3,(H,19,24)/q-1/t10-,11-,12+/m0/s1. The number of hydrogen-bond donors (Lipinski definition) is 2. The van der Waals surface area contributed by atoms with Gasteiger partial charge in [0.05, 0.1) is 0 Å². The first-order valence-corrected chi connectivity index (χ1v) is 11.5. The number of likely N-dealkylation sites (tertiary alicyclic amines) is 1. The Bertz CT molecular complexity index is 524. The summed E-state index contributed by atoms with van der Waals surface area (Å²) >= 11 is -0.681. The number of halogens is 1. The van der Waals surface area contributed by atoms with Gasteiger partial charge in [-0.1, -0.05) is 0 Å². The number of aliphatic hydroxyl groups is 1. The molecule has 1 heterocycles. The van der Waals surface area contributed by atoms with Crippen LogP contribution in [0.15, 0.2) is 0 Å². The normalized spacial score (nSPS) is 22.6. The fourth-order valence-corrected chi connectivity index (χ4v) is 3.95. The van der Waals surface area contributed by atoms with Crippen molar-refractivity contribution in [3.05, 3.63) is 0 Å². The van der Waals surface area contributed by atoms with Crippen molar-refractivity contribution in [2.45, 2.75) is 71.8 Å². The van der Waals surface area contributed by atoms with Crippen LogP contribution in [0.4, 0.5) is 4.79 Å². The molecule has 2 amide bonds. The van der Waals surface area contributed by atoms with Gasteiger partial charge in [0.2, 0.25) is 0 Å². The Morgan fingerprint density at radius 2 is 1.76 bits per heavy atom. The summed E-state index contributed by atoms with van der Waals surface area (Å²) in [5, 5.41) is 12.6. The second-order valence-electron chi connectivity index (χ2n) is 8.33. The van der Waals surface area contributed by atoms with Crippen LogP contribution in [-0.4, -0.2) is 61.1 Å². The number of rotatable bonds is 4. The van der Waals surface area contributed by atoms with Crippen molar-refractivity contribution in [2.24, 2.45) is 5.41 Å². The van der Waals surface area contributed by atoms with E-state index in [9.17, 15) is 19.5 Å². The van der Waals surface area contributed by atoms with Crippen molar-refractivity contribution in [3.63, 3.8) is 0 Å². The van der Waals surface area contributed by atoms with E-state index in [0.29, 0.717) is 0 Å². The van der Waals surface area contributed by atoms with Crippen molar-refractivity contribution in [2.75, 3.05) is 11.5 Å². The summed E-state index contributed by atoms with van der Waals surface area (Å²) in [6.45, 7) is 10.9. The zero-order valence-corrected chi connectivity index (χ0v) is 18.2. The molecule has 1 rings (SSSR count). The van der Waals surface area contributed by atoms with E-state index in [1.807, 2.05) is 25.7 Å². The number of nitrogens with zero attached hydrogens (tertiary/aromatic N) is 1. The minimum absolute atomic E-state index is 0.0219. The van der Waals surface area contributed by atoms with Crippen LogP contribution in [0.5, 0.6) is 0 Å². The molecule has 0 bridgehead atoms. The van der Waals surface area contributed by atoms with Gasteiger partial charge in [0.15, 0.2) is 0 Å². The van der Waals surface area contributed by atoms with E-state index < -0.39 is 56.5 Å². The van der Waals surface area contributed by atoms with Gasteiger partial charge in [0, 0.05) is 0 Å².